The summed E-state index contributed by atoms with van der Waals surface area (Å²) in [6.45, 7) is 0. The van der Waals surface area contributed by atoms with Crippen molar-refractivity contribution in [1.82, 2.24) is 0 Å². The molecular weight excluding hydrogens is 218 g/mol. The van der Waals surface area contributed by atoms with E-state index < -0.39 is 9.05 Å². The summed E-state index contributed by atoms with van der Waals surface area (Å²) in [4.78, 5) is 34.3. The van der Waals surface area contributed by atoms with Crippen LogP contribution in [0.25, 0.3) is 0 Å². The molecule has 0 atom stereocenters. The van der Waals surface area contributed by atoms with Crippen LogP contribution in [0, 0.1) is 0 Å². The first-order valence-corrected chi connectivity index (χ1v) is 2.45. The minimum Gasteiger partial charge on any atom is -0.894 e. The van der Waals surface area contributed by atoms with Crippen LogP contribution in [0.15, 0.2) is 0 Å². The quantitative estimate of drug-likeness (QED) is 0.377. The molecule has 0 aromatic rings. The molecule has 8 heavy (non-hydrogen) atoms. The summed E-state index contributed by atoms with van der Waals surface area (Å²) in [7, 11) is -5.61. The van der Waals surface area contributed by atoms with Gasteiger partial charge in [0.2, 0.25) is 0 Å². The van der Waals surface area contributed by atoms with Gasteiger partial charge in [-0.05, 0) is 0 Å². The summed E-state index contributed by atoms with van der Waals surface area (Å²) < 4.78 is 0. The van der Waals surface area contributed by atoms with Crippen molar-refractivity contribution >= 4 is 9.05 Å². The van der Waals surface area contributed by atoms with Crippen molar-refractivity contribution in [3.63, 3.8) is 0 Å². The van der Waals surface area contributed by atoms with Crippen LogP contribution < -0.4 is 48.7 Å². The first-order valence-electron chi connectivity index (χ1n) is 0.816. The van der Waals surface area contributed by atoms with Gasteiger partial charge in [0.05, 0.1) is 0 Å². The maximum Gasteiger partial charge on any atom is 4.00 e. The Kier molecular flexibility index (Phi) is 26.1. The fourth-order valence-electron chi connectivity index (χ4n) is 0. The van der Waals surface area contributed by atoms with Crippen LogP contribution >= 0.6 is 0 Å². The molecule has 0 saturated heterocycles. The number of hydrogen-bond acceptors (Lipinski definition) is 4. The molecule has 0 aromatic carbocycles. The van der Waals surface area contributed by atoms with E-state index >= 15 is 0 Å². The Morgan fingerprint density at radius 1 is 0.875 bits per heavy atom. The van der Waals surface area contributed by atoms with Gasteiger partial charge < -0.3 is 28.2 Å². The van der Waals surface area contributed by atoms with Crippen molar-refractivity contribution < 1.29 is 87.5 Å². The first kappa shape index (κ1) is 22.4. The van der Waals surface area contributed by atoms with E-state index in [0.29, 0.717) is 0 Å². The molecule has 1 radical (unpaired) electrons. The topological polar surface area (TPSA) is 92.2 Å². The van der Waals surface area contributed by atoms with E-state index in [4.69, 9.17) is 19.2 Å². The predicted octanol–water partition coefficient (Wildman–Crippen LogP) is -8.14. The molecule has 37 valence electrons. The molecule has 4 nitrogen and oxygen atoms in total. The molecule has 0 heterocycles. The van der Waals surface area contributed by atoms with E-state index in [-0.39, 0.29) is 68.3 Å². The second-order valence-corrected chi connectivity index (χ2v) is 1.50. The zero-order valence-electron chi connectivity index (χ0n) is 4.01. The molecule has 0 rings (SSSR count). The zero-order valence-corrected chi connectivity index (χ0v) is 9.75. The van der Waals surface area contributed by atoms with Gasteiger partial charge in [-0.2, -0.15) is 0 Å². The fraction of sp³-hybridized carbons (Fsp3) is 0. The van der Waals surface area contributed by atoms with Crippen LogP contribution in [0.5, 0.6) is 0 Å². The largest absolute Gasteiger partial charge is 4.00 e. The van der Waals surface area contributed by atoms with Crippen molar-refractivity contribution in [2.75, 3.05) is 0 Å². The van der Waals surface area contributed by atoms with E-state index in [1.165, 1.54) is 0 Å². The van der Waals surface area contributed by atoms with Gasteiger partial charge in [-0.1, -0.05) is 0 Å². The van der Waals surface area contributed by atoms with Gasteiger partial charge in [0.1, 0.15) is 0 Å². The maximum absolute atomic E-state index is 8.58. The predicted molar refractivity (Wildman–Crippen MR) is 5.75 cm³/mol. The van der Waals surface area contributed by atoms with Gasteiger partial charge in [-0.25, -0.2) is 0 Å². The SMILES string of the molecule is [Mn+2].[Na+].[O-][Si]([O-])([O-])[O-].[Ti+4]. The smallest absolute Gasteiger partial charge is 0.894 e. The molecule has 0 amide bonds. The van der Waals surface area contributed by atoms with Gasteiger partial charge in [-0.3, -0.25) is 0 Å². The van der Waals surface area contributed by atoms with Crippen LogP contribution in [0.3, 0.4) is 0 Å². The van der Waals surface area contributed by atoms with Crippen LogP contribution in [-0.2, 0) is 38.8 Å². The minimum atomic E-state index is -5.61. The monoisotopic (exact) mass is 218 g/mol. The molecule has 0 N–H and O–H groups in total. The third-order valence-electron chi connectivity index (χ3n) is 0. The van der Waals surface area contributed by atoms with Crippen LogP contribution in [0.2, 0.25) is 0 Å². The Bertz CT molecular complexity index is 31.5. The Balaban J connectivity index is -0.0000000267. The Morgan fingerprint density at radius 3 is 0.875 bits per heavy atom. The van der Waals surface area contributed by atoms with Gasteiger partial charge in [0, 0.05) is 0 Å². The molecule has 0 aliphatic carbocycles. The summed E-state index contributed by atoms with van der Waals surface area (Å²) >= 11 is 0. The van der Waals surface area contributed by atoms with Crippen LogP contribution in [0.4, 0.5) is 0 Å². The minimum absolute atomic E-state index is 0. The molecule has 0 fully saturated rings. The molecular formula is MnNaO4SiTi+3. The standard InChI is InChI=1S/Mn.Na.O4Si.Ti/c;;1-5(2,3)4;/q+2;+1;-4;+4. The molecule has 8 heteroatoms. The van der Waals surface area contributed by atoms with Crippen molar-refractivity contribution in [1.29, 1.82) is 0 Å². The average Bonchev–Trinajstić information content (AvgIpc) is 0.722. The van der Waals surface area contributed by atoms with E-state index in [1.807, 2.05) is 0 Å². The van der Waals surface area contributed by atoms with E-state index in [0.717, 1.165) is 0 Å². The average molecular weight is 218 g/mol. The summed E-state index contributed by atoms with van der Waals surface area (Å²) in [5.74, 6) is 0. The van der Waals surface area contributed by atoms with Crippen LogP contribution in [-0.4, -0.2) is 9.05 Å². The zero-order chi connectivity index (χ0) is 4.50. The summed E-state index contributed by atoms with van der Waals surface area (Å²) in [5.41, 5.74) is 0. The first-order chi connectivity index (χ1) is 2.00. The summed E-state index contributed by atoms with van der Waals surface area (Å²) in [6, 6.07) is 0. The Hall–Kier alpha value is 2.29. The molecule has 0 bridgehead atoms. The van der Waals surface area contributed by atoms with E-state index in [2.05, 4.69) is 0 Å². The molecule has 0 aliphatic heterocycles. The molecule has 0 aromatic heterocycles. The molecule has 0 saturated carbocycles. The third kappa shape index (κ3) is 84.0. The van der Waals surface area contributed by atoms with Crippen LogP contribution in [0.1, 0.15) is 0 Å². The summed E-state index contributed by atoms with van der Waals surface area (Å²) in [5, 5.41) is 0. The van der Waals surface area contributed by atoms with Gasteiger partial charge in [0.25, 0.3) is 0 Å². The molecule has 0 unspecified atom stereocenters. The Labute approximate surface area is 95.4 Å². The normalized spacial score (nSPS) is 7.50. The molecule has 0 aliphatic rings. The van der Waals surface area contributed by atoms with E-state index in [1.54, 1.807) is 0 Å². The van der Waals surface area contributed by atoms with E-state index in [9.17, 15) is 0 Å². The number of hydrogen-bond donors (Lipinski definition) is 0. The molecule has 0 spiro atoms. The summed E-state index contributed by atoms with van der Waals surface area (Å²) in [6.07, 6.45) is 0. The third-order valence-corrected chi connectivity index (χ3v) is 0. The maximum atomic E-state index is 8.58. The Morgan fingerprint density at radius 2 is 0.875 bits per heavy atom. The number of rotatable bonds is 0. The van der Waals surface area contributed by atoms with Crippen molar-refractivity contribution in [3.05, 3.63) is 0 Å². The van der Waals surface area contributed by atoms with Gasteiger partial charge >= 0.3 is 68.3 Å². The fourth-order valence-corrected chi connectivity index (χ4v) is 0. The second-order valence-electron chi connectivity index (χ2n) is 0.500. The van der Waals surface area contributed by atoms with Gasteiger partial charge in [-0.15, -0.1) is 0 Å². The van der Waals surface area contributed by atoms with Crippen molar-refractivity contribution in [2.45, 2.75) is 0 Å². The van der Waals surface area contributed by atoms with Crippen molar-refractivity contribution in [2.24, 2.45) is 0 Å². The van der Waals surface area contributed by atoms with Crippen molar-refractivity contribution in [3.8, 4) is 0 Å². The van der Waals surface area contributed by atoms with Gasteiger partial charge in [0.15, 0.2) is 0 Å². The second kappa shape index (κ2) is 9.29.